The number of aliphatic carboxylic acids is 1. The van der Waals surface area contributed by atoms with Crippen molar-refractivity contribution in [3.05, 3.63) is 34.2 Å². The van der Waals surface area contributed by atoms with Crippen molar-refractivity contribution in [1.82, 2.24) is 9.55 Å². The number of carbonyl (C=O) groups is 2. The number of aromatic nitrogens is 2. The molecule has 0 aliphatic heterocycles. The molecule has 20 heavy (non-hydrogen) atoms. The van der Waals surface area contributed by atoms with E-state index in [4.69, 9.17) is 5.11 Å². The summed E-state index contributed by atoms with van der Waals surface area (Å²) in [4.78, 5) is 36.6. The van der Waals surface area contributed by atoms with E-state index in [1.807, 2.05) is 6.92 Å². The summed E-state index contributed by atoms with van der Waals surface area (Å²) in [5.41, 5.74) is 0.190. The van der Waals surface area contributed by atoms with Gasteiger partial charge in [-0.05, 0) is 24.6 Å². The predicted octanol–water partition coefficient (Wildman–Crippen LogP) is 1.45. The zero-order valence-corrected chi connectivity index (χ0v) is 10.8. The monoisotopic (exact) mass is 278 g/mol. The fourth-order valence-electron chi connectivity index (χ4n) is 2.21. The second-order valence-electron chi connectivity index (χ2n) is 4.48. The van der Waals surface area contributed by atoms with E-state index < -0.39 is 23.7 Å². The van der Waals surface area contributed by atoms with E-state index in [0.29, 0.717) is 23.9 Å². The number of carboxylic acids is 2. The van der Waals surface area contributed by atoms with Crippen LogP contribution in [0.15, 0.2) is 23.0 Å². The number of imidazole rings is 1. The highest BCUT2D eigenvalue weighted by molar-refractivity contribution is 5.92. The largest absolute Gasteiger partial charge is 0.480 e. The van der Waals surface area contributed by atoms with Crippen molar-refractivity contribution in [2.45, 2.75) is 25.8 Å². The second-order valence-corrected chi connectivity index (χ2v) is 4.48. The molecule has 3 N–H and O–H groups in total. The Kier molecular flexibility index (Phi) is 3.60. The van der Waals surface area contributed by atoms with E-state index in [0.717, 1.165) is 4.57 Å². The Hall–Kier alpha value is -2.57. The lowest BCUT2D eigenvalue weighted by Gasteiger charge is -2.13. The van der Waals surface area contributed by atoms with Gasteiger partial charge in [-0.2, -0.15) is 0 Å². The van der Waals surface area contributed by atoms with Gasteiger partial charge in [-0.25, -0.2) is 14.4 Å². The molecule has 2 aromatic rings. The minimum Gasteiger partial charge on any atom is -0.480 e. The van der Waals surface area contributed by atoms with Crippen molar-refractivity contribution < 1.29 is 19.8 Å². The lowest BCUT2D eigenvalue weighted by Crippen LogP contribution is -2.27. The first-order chi connectivity index (χ1) is 9.45. The summed E-state index contributed by atoms with van der Waals surface area (Å²) >= 11 is 0. The van der Waals surface area contributed by atoms with Crippen LogP contribution >= 0.6 is 0 Å². The standard InChI is InChI=1S/C13H14N2O5/c1-2-3-10(12(18)19)15-9-5-4-7(11(16)17)6-8(9)14-13(15)20/h4-6,10H,2-3H2,1H3,(H,14,20)(H,16,17)(H,18,19). The molecule has 0 amide bonds. The van der Waals surface area contributed by atoms with Crippen LogP contribution in [-0.4, -0.2) is 31.7 Å². The van der Waals surface area contributed by atoms with Crippen molar-refractivity contribution in [3.63, 3.8) is 0 Å². The van der Waals surface area contributed by atoms with Crippen molar-refractivity contribution in [3.8, 4) is 0 Å². The molecule has 0 saturated carbocycles. The number of rotatable bonds is 5. The number of aromatic carboxylic acids is 1. The molecule has 0 spiro atoms. The lowest BCUT2D eigenvalue weighted by molar-refractivity contribution is -0.141. The number of benzene rings is 1. The average Bonchev–Trinajstić information content (AvgIpc) is 2.70. The number of carboxylic acid groups (broad SMARTS) is 2. The first-order valence-electron chi connectivity index (χ1n) is 6.16. The number of hydrogen-bond donors (Lipinski definition) is 3. The Bertz CT molecular complexity index is 728. The van der Waals surface area contributed by atoms with Crippen molar-refractivity contribution in [2.75, 3.05) is 0 Å². The zero-order chi connectivity index (χ0) is 14.9. The predicted molar refractivity (Wildman–Crippen MR) is 71.1 cm³/mol. The number of nitrogens with one attached hydrogen (secondary N) is 1. The Morgan fingerprint density at radius 2 is 2.05 bits per heavy atom. The second kappa shape index (κ2) is 5.20. The van der Waals surface area contributed by atoms with Crippen LogP contribution in [-0.2, 0) is 4.79 Å². The fraction of sp³-hybridized carbons (Fsp3) is 0.308. The van der Waals surface area contributed by atoms with Gasteiger partial charge in [0.1, 0.15) is 6.04 Å². The van der Waals surface area contributed by atoms with Gasteiger partial charge in [0.05, 0.1) is 16.6 Å². The third kappa shape index (κ3) is 2.29. The molecule has 106 valence electrons. The van der Waals surface area contributed by atoms with Gasteiger partial charge >= 0.3 is 17.6 Å². The molecule has 1 aromatic heterocycles. The van der Waals surface area contributed by atoms with Crippen LogP contribution in [0.25, 0.3) is 11.0 Å². The maximum atomic E-state index is 11.9. The Labute approximate surface area is 113 Å². The molecule has 0 bridgehead atoms. The number of nitrogens with zero attached hydrogens (tertiary/aromatic N) is 1. The van der Waals surface area contributed by atoms with E-state index >= 15 is 0 Å². The topological polar surface area (TPSA) is 112 Å². The van der Waals surface area contributed by atoms with Crippen LogP contribution in [0, 0.1) is 0 Å². The molecule has 0 aliphatic rings. The maximum Gasteiger partial charge on any atom is 0.335 e. The third-order valence-corrected chi connectivity index (χ3v) is 3.12. The molecule has 0 saturated heterocycles. The summed E-state index contributed by atoms with van der Waals surface area (Å²) in [6.07, 6.45) is 0.937. The van der Waals surface area contributed by atoms with E-state index in [9.17, 15) is 19.5 Å². The quantitative estimate of drug-likeness (QED) is 0.766. The van der Waals surface area contributed by atoms with Gasteiger partial charge in [-0.15, -0.1) is 0 Å². The molecule has 1 aromatic carbocycles. The summed E-state index contributed by atoms with van der Waals surface area (Å²) in [7, 11) is 0. The van der Waals surface area contributed by atoms with Gasteiger partial charge in [0, 0.05) is 0 Å². The third-order valence-electron chi connectivity index (χ3n) is 3.12. The first-order valence-corrected chi connectivity index (χ1v) is 6.16. The highest BCUT2D eigenvalue weighted by Crippen LogP contribution is 2.20. The summed E-state index contributed by atoms with van der Waals surface area (Å²) in [6, 6.07) is 3.15. The molecule has 0 aliphatic carbocycles. The summed E-state index contributed by atoms with van der Waals surface area (Å²) in [6.45, 7) is 1.83. The molecular weight excluding hydrogens is 264 g/mol. The van der Waals surface area contributed by atoms with Crippen LogP contribution in [0.2, 0.25) is 0 Å². The van der Waals surface area contributed by atoms with Crippen LogP contribution in [0.4, 0.5) is 0 Å². The van der Waals surface area contributed by atoms with Gasteiger partial charge in [-0.1, -0.05) is 13.3 Å². The molecule has 7 nitrogen and oxygen atoms in total. The normalized spacial score (nSPS) is 12.4. The number of fused-ring (bicyclic) bond motifs is 1. The van der Waals surface area contributed by atoms with Crippen molar-refractivity contribution in [1.29, 1.82) is 0 Å². The number of H-pyrrole nitrogens is 1. The number of hydrogen-bond acceptors (Lipinski definition) is 3. The molecule has 0 radical (unpaired) electrons. The molecule has 2 rings (SSSR count). The smallest absolute Gasteiger partial charge is 0.335 e. The maximum absolute atomic E-state index is 11.9. The molecule has 1 atom stereocenters. The minimum absolute atomic E-state index is 0.0354. The van der Waals surface area contributed by atoms with Gasteiger partial charge in [0.2, 0.25) is 0 Å². The van der Waals surface area contributed by atoms with E-state index in [1.165, 1.54) is 18.2 Å². The Morgan fingerprint density at radius 3 is 2.60 bits per heavy atom. The zero-order valence-electron chi connectivity index (χ0n) is 10.8. The molecule has 0 fully saturated rings. The number of aromatic amines is 1. The highest BCUT2D eigenvalue weighted by atomic mass is 16.4. The Balaban J connectivity index is 2.64. The summed E-state index contributed by atoms with van der Waals surface area (Å²) in [5, 5.41) is 18.1. The van der Waals surface area contributed by atoms with Crippen molar-refractivity contribution >= 4 is 23.0 Å². The first kappa shape index (κ1) is 13.9. The Morgan fingerprint density at radius 1 is 1.35 bits per heavy atom. The van der Waals surface area contributed by atoms with Crippen molar-refractivity contribution in [2.24, 2.45) is 0 Å². The molecule has 1 unspecified atom stereocenters. The van der Waals surface area contributed by atoms with E-state index in [-0.39, 0.29) is 5.56 Å². The molecule has 1 heterocycles. The van der Waals surface area contributed by atoms with Gasteiger partial charge in [0.25, 0.3) is 0 Å². The van der Waals surface area contributed by atoms with E-state index in [1.54, 1.807) is 0 Å². The van der Waals surface area contributed by atoms with Crippen LogP contribution < -0.4 is 5.69 Å². The van der Waals surface area contributed by atoms with Gasteiger partial charge in [0.15, 0.2) is 0 Å². The fourth-order valence-corrected chi connectivity index (χ4v) is 2.21. The molecule has 7 heteroatoms. The average molecular weight is 278 g/mol. The van der Waals surface area contributed by atoms with Crippen LogP contribution in [0.3, 0.4) is 0 Å². The van der Waals surface area contributed by atoms with Gasteiger partial charge in [-0.3, -0.25) is 4.57 Å². The summed E-state index contributed by atoms with van der Waals surface area (Å²) < 4.78 is 1.16. The van der Waals surface area contributed by atoms with Crippen LogP contribution in [0.1, 0.15) is 36.2 Å². The lowest BCUT2D eigenvalue weighted by atomic mass is 10.1. The van der Waals surface area contributed by atoms with Crippen LogP contribution in [0.5, 0.6) is 0 Å². The van der Waals surface area contributed by atoms with Gasteiger partial charge < -0.3 is 15.2 Å². The highest BCUT2D eigenvalue weighted by Gasteiger charge is 2.23. The molecular formula is C13H14N2O5. The summed E-state index contributed by atoms with van der Waals surface area (Å²) in [5.74, 6) is -2.19. The minimum atomic E-state index is -1.11. The SMILES string of the molecule is CCCC(C(=O)O)n1c(=O)[nH]c2cc(C(=O)O)ccc21. The van der Waals surface area contributed by atoms with E-state index in [2.05, 4.69) is 4.98 Å².